The molecule has 1 heterocycles. The van der Waals surface area contributed by atoms with E-state index < -0.39 is 6.10 Å². The fraction of sp³-hybridized carbons (Fsp3) is 0.538. The Bertz CT molecular complexity index is 421. The summed E-state index contributed by atoms with van der Waals surface area (Å²) in [6.07, 6.45) is 4.25. The molecule has 1 N–H and O–H groups in total. The van der Waals surface area contributed by atoms with Crippen LogP contribution in [0.4, 0.5) is 0 Å². The van der Waals surface area contributed by atoms with E-state index in [4.69, 9.17) is 4.42 Å². The molecule has 1 aliphatic carbocycles. The molecule has 0 spiro atoms. The molecule has 0 bridgehead atoms. The maximum Gasteiger partial charge on any atom is 0.147 e. The second-order valence-corrected chi connectivity index (χ2v) is 5.70. The monoisotopic (exact) mass is 284 g/mol. The Balaban J connectivity index is 2.38. The molecule has 1 aromatic rings. The Morgan fingerprint density at radius 1 is 1.62 bits per heavy atom. The highest BCUT2D eigenvalue weighted by molar-refractivity contribution is 9.10. The molecule has 2 nitrogen and oxygen atoms in total. The first-order valence-electron chi connectivity index (χ1n) is 5.56. The van der Waals surface area contributed by atoms with Crippen LogP contribution >= 0.6 is 15.9 Å². The topological polar surface area (TPSA) is 33.4 Å². The van der Waals surface area contributed by atoms with Crippen molar-refractivity contribution in [1.29, 1.82) is 0 Å². The van der Waals surface area contributed by atoms with Crippen LogP contribution in [0.2, 0.25) is 0 Å². The molecule has 0 saturated carbocycles. The second kappa shape index (κ2) is 4.04. The summed E-state index contributed by atoms with van der Waals surface area (Å²) in [6.45, 7) is 6.37. The van der Waals surface area contributed by atoms with E-state index in [0.29, 0.717) is 11.7 Å². The normalized spacial score (nSPS) is 31.6. The van der Waals surface area contributed by atoms with E-state index in [9.17, 15) is 5.11 Å². The van der Waals surface area contributed by atoms with Gasteiger partial charge in [0, 0.05) is 5.41 Å². The van der Waals surface area contributed by atoms with E-state index in [-0.39, 0.29) is 5.41 Å². The van der Waals surface area contributed by atoms with Gasteiger partial charge in [-0.25, -0.2) is 0 Å². The van der Waals surface area contributed by atoms with Crippen LogP contribution in [-0.2, 0) is 0 Å². The first-order valence-corrected chi connectivity index (χ1v) is 6.35. The average Bonchev–Trinajstić information content (AvgIpc) is 2.78. The fourth-order valence-corrected chi connectivity index (χ4v) is 2.88. The van der Waals surface area contributed by atoms with Crippen molar-refractivity contribution in [2.75, 3.05) is 0 Å². The lowest BCUT2D eigenvalue weighted by molar-refractivity contribution is 0.0159. The first-order chi connectivity index (χ1) is 7.48. The smallest absolute Gasteiger partial charge is 0.147 e. The van der Waals surface area contributed by atoms with Gasteiger partial charge in [0.1, 0.15) is 11.9 Å². The summed E-state index contributed by atoms with van der Waals surface area (Å²) >= 11 is 3.40. The summed E-state index contributed by atoms with van der Waals surface area (Å²) in [5.74, 6) is 1.06. The largest absolute Gasteiger partial charge is 0.465 e. The van der Waals surface area contributed by atoms with E-state index in [1.807, 2.05) is 6.07 Å². The number of rotatable bonds is 2. The minimum Gasteiger partial charge on any atom is -0.465 e. The van der Waals surface area contributed by atoms with Crippen molar-refractivity contribution < 1.29 is 9.52 Å². The van der Waals surface area contributed by atoms with Crippen molar-refractivity contribution in [2.45, 2.75) is 33.3 Å². The van der Waals surface area contributed by atoms with Crippen LogP contribution in [-0.4, -0.2) is 5.11 Å². The Labute approximate surface area is 104 Å². The van der Waals surface area contributed by atoms with Gasteiger partial charge in [-0.05, 0) is 41.3 Å². The predicted molar refractivity (Wildman–Crippen MR) is 67.0 cm³/mol. The minimum atomic E-state index is -0.592. The highest BCUT2D eigenvalue weighted by Gasteiger charge is 2.45. The van der Waals surface area contributed by atoms with Gasteiger partial charge in [0.2, 0.25) is 0 Å². The van der Waals surface area contributed by atoms with E-state index in [0.717, 1.165) is 10.9 Å². The van der Waals surface area contributed by atoms with Gasteiger partial charge >= 0.3 is 0 Å². The molecule has 0 saturated heterocycles. The predicted octanol–water partition coefficient (Wildman–Crippen LogP) is 4.07. The Hall–Kier alpha value is -0.540. The molecule has 1 aliphatic rings. The summed E-state index contributed by atoms with van der Waals surface area (Å²) in [6, 6.07) is 1.82. The molecule has 2 rings (SSSR count). The van der Waals surface area contributed by atoms with Crippen LogP contribution in [0.15, 0.2) is 32.9 Å². The zero-order chi connectivity index (χ0) is 11.9. The van der Waals surface area contributed by atoms with Gasteiger partial charge < -0.3 is 9.52 Å². The molecular formula is C13H17BrO2. The highest BCUT2D eigenvalue weighted by atomic mass is 79.9. The van der Waals surface area contributed by atoms with Gasteiger partial charge in [0.05, 0.1) is 10.7 Å². The van der Waals surface area contributed by atoms with Gasteiger partial charge in [0.25, 0.3) is 0 Å². The number of allylic oxidation sites excluding steroid dienone is 1. The number of furan rings is 1. The van der Waals surface area contributed by atoms with Crippen LogP contribution in [0.3, 0.4) is 0 Å². The highest BCUT2D eigenvalue weighted by Crippen LogP contribution is 2.52. The van der Waals surface area contributed by atoms with Crippen molar-refractivity contribution in [3.63, 3.8) is 0 Å². The number of aliphatic hydroxyl groups is 1. The number of aliphatic hydroxyl groups excluding tert-OH is 1. The van der Waals surface area contributed by atoms with Crippen molar-refractivity contribution >= 4 is 15.9 Å². The first kappa shape index (κ1) is 11.9. The van der Waals surface area contributed by atoms with E-state index in [1.54, 1.807) is 6.26 Å². The summed E-state index contributed by atoms with van der Waals surface area (Å²) in [7, 11) is 0. The minimum absolute atomic E-state index is 0.222. The molecule has 1 aromatic heterocycles. The molecule has 0 amide bonds. The van der Waals surface area contributed by atoms with Crippen molar-refractivity contribution in [2.24, 2.45) is 11.3 Å². The van der Waals surface area contributed by atoms with Gasteiger partial charge in [0.15, 0.2) is 0 Å². The van der Waals surface area contributed by atoms with Crippen LogP contribution in [0.25, 0.3) is 0 Å². The molecule has 0 radical (unpaired) electrons. The molecule has 1 unspecified atom stereocenters. The van der Waals surface area contributed by atoms with E-state index in [1.165, 1.54) is 5.57 Å². The third kappa shape index (κ3) is 1.57. The van der Waals surface area contributed by atoms with E-state index in [2.05, 4.69) is 42.8 Å². The van der Waals surface area contributed by atoms with Crippen LogP contribution in [0.1, 0.15) is 39.1 Å². The lowest BCUT2D eigenvalue weighted by atomic mass is 9.71. The van der Waals surface area contributed by atoms with E-state index >= 15 is 0 Å². The second-order valence-electron chi connectivity index (χ2n) is 4.84. The molecule has 0 fully saturated rings. The van der Waals surface area contributed by atoms with Crippen LogP contribution < -0.4 is 0 Å². The Morgan fingerprint density at radius 2 is 2.31 bits per heavy atom. The average molecular weight is 285 g/mol. The molecule has 0 aliphatic heterocycles. The SMILES string of the molecule is CC1=CC[C@@H](C)[C@]1(C)C(O)c1occc1Br. The maximum absolute atomic E-state index is 10.5. The van der Waals surface area contributed by atoms with Gasteiger partial charge in [-0.15, -0.1) is 0 Å². The summed E-state index contributed by atoms with van der Waals surface area (Å²) in [4.78, 5) is 0. The molecule has 0 aromatic carbocycles. The Kier molecular flexibility index (Phi) is 3.01. The summed E-state index contributed by atoms with van der Waals surface area (Å²) in [5.41, 5.74) is 1.02. The van der Waals surface area contributed by atoms with Crippen molar-refractivity contribution in [1.82, 2.24) is 0 Å². The van der Waals surface area contributed by atoms with Crippen molar-refractivity contribution in [3.05, 3.63) is 34.2 Å². The molecule has 3 atom stereocenters. The molecule has 16 heavy (non-hydrogen) atoms. The fourth-order valence-electron chi connectivity index (χ4n) is 2.46. The van der Waals surface area contributed by atoms with Crippen LogP contribution in [0.5, 0.6) is 0 Å². The van der Waals surface area contributed by atoms with Crippen molar-refractivity contribution in [3.8, 4) is 0 Å². The summed E-state index contributed by atoms with van der Waals surface area (Å²) in [5, 5.41) is 10.5. The molecule has 3 heteroatoms. The van der Waals surface area contributed by atoms with Gasteiger partial charge in [-0.3, -0.25) is 0 Å². The van der Waals surface area contributed by atoms with Gasteiger partial charge in [-0.1, -0.05) is 25.5 Å². The third-order valence-corrected chi connectivity index (χ3v) is 4.77. The summed E-state index contributed by atoms with van der Waals surface area (Å²) < 4.78 is 6.22. The van der Waals surface area contributed by atoms with Crippen LogP contribution in [0, 0.1) is 11.3 Å². The standard InChI is InChI=1S/C13H17BrO2/c1-8-4-5-9(2)13(8,3)12(15)11-10(14)6-7-16-11/h4,6-7,9,12,15H,5H2,1-3H3/t9-,12?,13-/m1/s1. The lowest BCUT2D eigenvalue weighted by Crippen LogP contribution is -2.30. The third-order valence-electron chi connectivity index (χ3n) is 4.11. The number of hydrogen-bond acceptors (Lipinski definition) is 2. The lowest BCUT2D eigenvalue weighted by Gasteiger charge is -2.35. The maximum atomic E-state index is 10.5. The zero-order valence-corrected chi connectivity index (χ0v) is 11.4. The Morgan fingerprint density at radius 3 is 2.75 bits per heavy atom. The molecular weight excluding hydrogens is 268 g/mol. The number of halogens is 1. The zero-order valence-electron chi connectivity index (χ0n) is 9.83. The molecule has 88 valence electrons. The van der Waals surface area contributed by atoms with Gasteiger partial charge in [-0.2, -0.15) is 0 Å². The quantitative estimate of drug-likeness (QED) is 0.831. The number of hydrogen-bond donors (Lipinski definition) is 1.